The summed E-state index contributed by atoms with van der Waals surface area (Å²) in [4.78, 5) is 25.5. The van der Waals surface area contributed by atoms with E-state index in [9.17, 15) is 9.59 Å². The molecule has 5 nitrogen and oxygen atoms in total. The first-order valence-electron chi connectivity index (χ1n) is 8.44. The van der Waals surface area contributed by atoms with E-state index < -0.39 is 12.1 Å². The molecule has 1 fully saturated rings. The molecule has 1 unspecified atom stereocenters. The molecule has 1 aliphatic heterocycles. The van der Waals surface area contributed by atoms with Crippen molar-refractivity contribution in [2.24, 2.45) is 0 Å². The van der Waals surface area contributed by atoms with E-state index in [2.05, 4.69) is 0 Å². The van der Waals surface area contributed by atoms with Crippen molar-refractivity contribution in [1.29, 1.82) is 0 Å². The molecule has 1 saturated heterocycles. The van der Waals surface area contributed by atoms with Crippen LogP contribution in [0.15, 0.2) is 54.6 Å². The number of carboxylic acids is 1. The zero-order valence-electron chi connectivity index (χ0n) is 13.9. The molecule has 0 aliphatic carbocycles. The zero-order valence-corrected chi connectivity index (χ0v) is 13.9. The van der Waals surface area contributed by atoms with Crippen LogP contribution in [0.2, 0.25) is 0 Å². The number of hydrogen-bond acceptors (Lipinski definition) is 3. The van der Waals surface area contributed by atoms with Crippen LogP contribution in [0.5, 0.6) is 5.75 Å². The number of carbonyl (C=O) groups is 2. The van der Waals surface area contributed by atoms with Crippen LogP contribution in [-0.2, 0) is 16.0 Å². The fourth-order valence-corrected chi connectivity index (χ4v) is 2.99. The Morgan fingerprint density at radius 2 is 1.64 bits per heavy atom. The van der Waals surface area contributed by atoms with Crippen LogP contribution in [0.3, 0.4) is 0 Å². The van der Waals surface area contributed by atoms with Gasteiger partial charge in [0.15, 0.2) is 0 Å². The number of likely N-dealkylation sites (tertiary alicyclic amines) is 1. The highest BCUT2D eigenvalue weighted by Gasteiger charge is 2.29. The number of hydrogen-bond donors (Lipinski definition) is 1. The van der Waals surface area contributed by atoms with Crippen LogP contribution in [-0.4, -0.2) is 35.0 Å². The molecule has 2 aromatic rings. The lowest BCUT2D eigenvalue weighted by Crippen LogP contribution is -2.35. The average Bonchev–Trinajstić information content (AvgIpc) is 3.15. The fraction of sp³-hybridized carbons (Fsp3) is 0.300. The number of carbonyl (C=O) groups excluding carboxylic acids is 1. The molecule has 3 rings (SSSR count). The van der Waals surface area contributed by atoms with Crippen molar-refractivity contribution in [3.8, 4) is 5.75 Å². The van der Waals surface area contributed by atoms with Crippen LogP contribution in [0.4, 0.5) is 0 Å². The zero-order chi connectivity index (χ0) is 17.6. The Bertz CT molecular complexity index is 721. The molecule has 1 aliphatic rings. The van der Waals surface area contributed by atoms with E-state index in [4.69, 9.17) is 9.84 Å². The molecule has 0 spiro atoms. The molecule has 0 bridgehead atoms. The van der Waals surface area contributed by atoms with Crippen LogP contribution >= 0.6 is 0 Å². The molecule has 0 aromatic heterocycles. The number of benzene rings is 2. The highest BCUT2D eigenvalue weighted by molar-refractivity contribution is 5.83. The molecule has 5 heteroatoms. The van der Waals surface area contributed by atoms with Gasteiger partial charge in [-0.1, -0.05) is 42.5 Å². The average molecular weight is 339 g/mol. The number of aliphatic carboxylic acids is 1. The number of rotatable bonds is 6. The van der Waals surface area contributed by atoms with Crippen molar-refractivity contribution in [2.75, 3.05) is 13.1 Å². The van der Waals surface area contributed by atoms with Gasteiger partial charge < -0.3 is 14.7 Å². The third-order valence-corrected chi connectivity index (χ3v) is 4.28. The van der Waals surface area contributed by atoms with Gasteiger partial charge in [-0.05, 0) is 30.5 Å². The Morgan fingerprint density at radius 3 is 2.24 bits per heavy atom. The van der Waals surface area contributed by atoms with Crippen LogP contribution in [0.25, 0.3) is 0 Å². The quantitative estimate of drug-likeness (QED) is 0.878. The van der Waals surface area contributed by atoms with Crippen molar-refractivity contribution in [3.05, 3.63) is 65.7 Å². The van der Waals surface area contributed by atoms with Crippen molar-refractivity contribution < 1.29 is 19.4 Å². The van der Waals surface area contributed by atoms with Gasteiger partial charge in [-0.3, -0.25) is 9.59 Å². The van der Waals surface area contributed by atoms with Gasteiger partial charge in [-0.15, -0.1) is 0 Å². The molecule has 0 radical (unpaired) electrons. The third kappa shape index (κ3) is 4.38. The third-order valence-electron chi connectivity index (χ3n) is 4.28. The largest absolute Gasteiger partial charge is 0.481 e. The summed E-state index contributed by atoms with van der Waals surface area (Å²) in [6, 6.07) is 16.3. The minimum atomic E-state index is -0.875. The van der Waals surface area contributed by atoms with E-state index in [1.807, 2.05) is 35.2 Å². The lowest BCUT2D eigenvalue weighted by molar-refractivity contribution is -0.138. The fourth-order valence-electron chi connectivity index (χ4n) is 2.99. The van der Waals surface area contributed by atoms with E-state index in [1.165, 1.54) is 0 Å². The SMILES string of the molecule is O=C(O)Cc1ccc(OC(C(=O)N2CCCC2)c2ccccc2)cc1. The first-order chi connectivity index (χ1) is 12.1. The standard InChI is InChI=1S/C20H21NO4/c22-18(23)14-15-8-10-17(11-9-15)25-19(16-6-2-1-3-7-16)20(24)21-12-4-5-13-21/h1-3,6-11,19H,4-5,12-14H2,(H,22,23). The van der Waals surface area contributed by atoms with Crippen LogP contribution in [0.1, 0.15) is 30.1 Å². The number of nitrogens with zero attached hydrogens (tertiary/aromatic N) is 1. The number of carboxylic acid groups (broad SMARTS) is 1. The van der Waals surface area contributed by atoms with Crippen molar-refractivity contribution in [3.63, 3.8) is 0 Å². The predicted octanol–water partition coefficient (Wildman–Crippen LogP) is 3.06. The van der Waals surface area contributed by atoms with Gasteiger partial charge in [0.2, 0.25) is 6.10 Å². The lowest BCUT2D eigenvalue weighted by Gasteiger charge is -2.24. The number of ether oxygens (including phenoxy) is 1. The summed E-state index contributed by atoms with van der Waals surface area (Å²) in [7, 11) is 0. The summed E-state index contributed by atoms with van der Waals surface area (Å²) in [6.07, 6.45) is 1.33. The smallest absolute Gasteiger partial charge is 0.307 e. The Hall–Kier alpha value is -2.82. The van der Waals surface area contributed by atoms with Gasteiger partial charge in [0.05, 0.1) is 6.42 Å². The van der Waals surface area contributed by atoms with E-state index in [-0.39, 0.29) is 12.3 Å². The van der Waals surface area contributed by atoms with Crippen molar-refractivity contribution >= 4 is 11.9 Å². The van der Waals surface area contributed by atoms with Crippen LogP contribution < -0.4 is 4.74 Å². The second-order valence-corrected chi connectivity index (χ2v) is 6.16. The molecule has 1 heterocycles. The van der Waals surface area contributed by atoms with Gasteiger partial charge >= 0.3 is 5.97 Å². The van der Waals surface area contributed by atoms with Gasteiger partial charge in [-0.2, -0.15) is 0 Å². The summed E-state index contributed by atoms with van der Waals surface area (Å²) in [5.41, 5.74) is 1.51. The van der Waals surface area contributed by atoms with E-state index in [0.29, 0.717) is 11.3 Å². The van der Waals surface area contributed by atoms with E-state index >= 15 is 0 Å². The van der Waals surface area contributed by atoms with Gasteiger partial charge in [-0.25, -0.2) is 0 Å². The summed E-state index contributed by atoms with van der Waals surface area (Å²) in [5.74, 6) is -0.353. The first kappa shape index (κ1) is 17.0. The minimum absolute atomic E-state index is 0.0293. The summed E-state index contributed by atoms with van der Waals surface area (Å²) < 4.78 is 6.00. The van der Waals surface area contributed by atoms with Gasteiger partial charge in [0.1, 0.15) is 5.75 Å². The van der Waals surface area contributed by atoms with E-state index in [1.54, 1.807) is 24.3 Å². The Morgan fingerprint density at radius 1 is 1.00 bits per heavy atom. The molecular weight excluding hydrogens is 318 g/mol. The maximum absolute atomic E-state index is 12.9. The Balaban J connectivity index is 1.79. The summed E-state index contributed by atoms with van der Waals surface area (Å²) in [6.45, 7) is 1.53. The Labute approximate surface area is 146 Å². The summed E-state index contributed by atoms with van der Waals surface area (Å²) >= 11 is 0. The van der Waals surface area contributed by atoms with E-state index in [0.717, 1.165) is 31.5 Å². The highest BCUT2D eigenvalue weighted by Crippen LogP contribution is 2.26. The topological polar surface area (TPSA) is 66.8 Å². The molecule has 130 valence electrons. The highest BCUT2D eigenvalue weighted by atomic mass is 16.5. The van der Waals surface area contributed by atoms with Crippen molar-refractivity contribution in [1.82, 2.24) is 4.90 Å². The monoisotopic (exact) mass is 339 g/mol. The lowest BCUT2D eigenvalue weighted by atomic mass is 10.1. The second kappa shape index (κ2) is 7.83. The number of amides is 1. The minimum Gasteiger partial charge on any atom is -0.481 e. The molecule has 1 amide bonds. The molecule has 1 N–H and O–H groups in total. The van der Waals surface area contributed by atoms with Crippen LogP contribution in [0, 0.1) is 0 Å². The predicted molar refractivity (Wildman–Crippen MR) is 93.4 cm³/mol. The Kier molecular flexibility index (Phi) is 5.33. The maximum Gasteiger partial charge on any atom is 0.307 e. The summed E-state index contributed by atoms with van der Waals surface area (Å²) in [5, 5.41) is 8.84. The molecule has 1 atom stereocenters. The molecule has 25 heavy (non-hydrogen) atoms. The molecule has 2 aromatic carbocycles. The van der Waals surface area contributed by atoms with Gasteiger partial charge in [0.25, 0.3) is 5.91 Å². The molecule has 0 saturated carbocycles. The normalized spacial score (nSPS) is 15.0. The van der Waals surface area contributed by atoms with Crippen molar-refractivity contribution in [2.45, 2.75) is 25.4 Å². The van der Waals surface area contributed by atoms with Gasteiger partial charge in [0, 0.05) is 18.7 Å². The maximum atomic E-state index is 12.9. The molecular formula is C20H21NO4. The first-order valence-corrected chi connectivity index (χ1v) is 8.44. The second-order valence-electron chi connectivity index (χ2n) is 6.16.